The molecule has 16 heavy (non-hydrogen) atoms. The number of ketones is 2. The normalized spacial score (nSPS) is 15.1. The van der Waals surface area contributed by atoms with Crippen LogP contribution in [0.4, 0.5) is 0 Å². The molecule has 0 atom stereocenters. The van der Waals surface area contributed by atoms with Crippen LogP contribution in [0.15, 0.2) is 23.7 Å². The summed E-state index contributed by atoms with van der Waals surface area (Å²) in [6.07, 6.45) is 1.72. The highest BCUT2D eigenvalue weighted by atomic mass is 16.6. The Hall–Kier alpha value is -2.24. The number of esters is 2. The quantitative estimate of drug-likeness (QED) is 0.486. The third kappa shape index (κ3) is 2.88. The molecule has 0 aromatic carbocycles. The number of hydrogen-bond acceptors (Lipinski definition) is 6. The number of hydrogen-bond donors (Lipinski definition) is 0. The van der Waals surface area contributed by atoms with Gasteiger partial charge in [0.2, 0.25) is 0 Å². The van der Waals surface area contributed by atoms with Crippen LogP contribution >= 0.6 is 0 Å². The summed E-state index contributed by atoms with van der Waals surface area (Å²) in [6, 6.07) is 0. The molecule has 1 rings (SSSR count). The van der Waals surface area contributed by atoms with Gasteiger partial charge in [0.15, 0.2) is 17.3 Å². The predicted molar refractivity (Wildman–Crippen MR) is 49.7 cm³/mol. The fraction of sp³-hybridized carbons (Fsp3) is 0.200. The van der Waals surface area contributed by atoms with Crippen molar-refractivity contribution in [2.45, 2.75) is 13.8 Å². The van der Waals surface area contributed by atoms with E-state index in [1.54, 1.807) is 0 Å². The minimum absolute atomic E-state index is 0.448. The van der Waals surface area contributed by atoms with E-state index in [0.717, 1.165) is 26.0 Å². The molecule has 0 aromatic rings. The van der Waals surface area contributed by atoms with E-state index in [-0.39, 0.29) is 0 Å². The number of rotatable bonds is 2. The van der Waals surface area contributed by atoms with Crippen molar-refractivity contribution >= 4 is 23.5 Å². The van der Waals surface area contributed by atoms with E-state index in [0.29, 0.717) is 0 Å². The molecule has 0 heterocycles. The summed E-state index contributed by atoms with van der Waals surface area (Å²) in [5, 5.41) is 0. The molecular weight excluding hydrogens is 216 g/mol. The zero-order valence-electron chi connectivity index (χ0n) is 8.60. The molecular formula is C10H8O6. The average molecular weight is 224 g/mol. The smallest absolute Gasteiger partial charge is 0.308 e. The van der Waals surface area contributed by atoms with Crippen molar-refractivity contribution in [3.8, 4) is 0 Å². The molecule has 6 nitrogen and oxygen atoms in total. The first-order chi connectivity index (χ1) is 7.40. The van der Waals surface area contributed by atoms with Crippen molar-refractivity contribution in [3.05, 3.63) is 23.7 Å². The first-order valence-electron chi connectivity index (χ1n) is 4.29. The molecule has 0 aliphatic heterocycles. The molecule has 84 valence electrons. The second-order valence-electron chi connectivity index (χ2n) is 2.94. The fourth-order valence-electron chi connectivity index (χ4n) is 1.01. The topological polar surface area (TPSA) is 86.7 Å². The molecule has 0 bridgehead atoms. The minimum Gasteiger partial charge on any atom is -0.422 e. The molecule has 0 unspecified atom stereocenters. The lowest BCUT2D eigenvalue weighted by molar-refractivity contribution is -0.143. The first kappa shape index (κ1) is 11.8. The number of Topliss-reactive ketones (excluding diaryl/α,β-unsaturated/α-hetero) is 1. The zero-order valence-corrected chi connectivity index (χ0v) is 8.60. The van der Waals surface area contributed by atoms with Gasteiger partial charge in [0.1, 0.15) is 0 Å². The largest absolute Gasteiger partial charge is 0.422 e. The van der Waals surface area contributed by atoms with Crippen molar-refractivity contribution in [1.82, 2.24) is 0 Å². The summed E-state index contributed by atoms with van der Waals surface area (Å²) >= 11 is 0. The van der Waals surface area contributed by atoms with E-state index in [1.165, 1.54) is 0 Å². The molecule has 0 saturated carbocycles. The van der Waals surface area contributed by atoms with Gasteiger partial charge in [-0.3, -0.25) is 19.2 Å². The third-order valence-electron chi connectivity index (χ3n) is 1.50. The van der Waals surface area contributed by atoms with Crippen molar-refractivity contribution in [1.29, 1.82) is 0 Å². The molecule has 0 radical (unpaired) electrons. The van der Waals surface area contributed by atoms with E-state index < -0.39 is 35.0 Å². The first-order valence-corrected chi connectivity index (χ1v) is 4.29. The highest BCUT2D eigenvalue weighted by Gasteiger charge is 2.26. The molecule has 1 aliphatic carbocycles. The monoisotopic (exact) mass is 224 g/mol. The maximum atomic E-state index is 11.5. The Morgan fingerprint density at radius 3 is 1.62 bits per heavy atom. The van der Waals surface area contributed by atoms with Crippen LogP contribution in [0.25, 0.3) is 0 Å². The van der Waals surface area contributed by atoms with Crippen LogP contribution in [-0.4, -0.2) is 23.5 Å². The highest BCUT2D eigenvalue weighted by Crippen LogP contribution is 2.15. The highest BCUT2D eigenvalue weighted by molar-refractivity contribution is 6.19. The van der Waals surface area contributed by atoms with Crippen LogP contribution < -0.4 is 0 Å². The third-order valence-corrected chi connectivity index (χ3v) is 1.50. The maximum absolute atomic E-state index is 11.5. The summed E-state index contributed by atoms with van der Waals surface area (Å²) in [5.74, 6) is -3.78. The van der Waals surface area contributed by atoms with Crippen molar-refractivity contribution in [2.24, 2.45) is 0 Å². The van der Waals surface area contributed by atoms with Crippen LogP contribution in [0.5, 0.6) is 0 Å². The van der Waals surface area contributed by atoms with Gasteiger partial charge < -0.3 is 9.47 Å². The zero-order chi connectivity index (χ0) is 12.3. The average Bonchev–Trinajstić information content (AvgIpc) is 2.11. The lowest BCUT2D eigenvalue weighted by atomic mass is 10.1. The summed E-state index contributed by atoms with van der Waals surface area (Å²) in [7, 11) is 0. The second-order valence-corrected chi connectivity index (χ2v) is 2.94. The van der Waals surface area contributed by atoms with Gasteiger partial charge in [0, 0.05) is 26.0 Å². The van der Waals surface area contributed by atoms with E-state index in [2.05, 4.69) is 9.47 Å². The van der Waals surface area contributed by atoms with Crippen LogP contribution in [0.1, 0.15) is 13.8 Å². The van der Waals surface area contributed by atoms with E-state index in [9.17, 15) is 19.2 Å². The molecule has 1 aliphatic rings. The van der Waals surface area contributed by atoms with Gasteiger partial charge in [0.25, 0.3) is 5.78 Å². The Kier molecular flexibility index (Phi) is 3.34. The summed E-state index contributed by atoms with van der Waals surface area (Å²) in [4.78, 5) is 43.9. The molecule has 0 aromatic heterocycles. The van der Waals surface area contributed by atoms with Gasteiger partial charge >= 0.3 is 11.9 Å². The van der Waals surface area contributed by atoms with Crippen molar-refractivity contribution in [3.63, 3.8) is 0 Å². The summed E-state index contributed by atoms with van der Waals surface area (Å²) in [5.41, 5.74) is 0. The van der Waals surface area contributed by atoms with Gasteiger partial charge in [-0.15, -0.1) is 0 Å². The van der Waals surface area contributed by atoms with E-state index >= 15 is 0 Å². The fourth-order valence-corrected chi connectivity index (χ4v) is 1.01. The summed E-state index contributed by atoms with van der Waals surface area (Å²) in [6.45, 7) is 2.17. The van der Waals surface area contributed by atoms with Crippen molar-refractivity contribution < 1.29 is 28.7 Å². The molecule has 6 heteroatoms. The van der Waals surface area contributed by atoms with Gasteiger partial charge in [-0.1, -0.05) is 0 Å². The molecule has 0 amide bonds. The minimum atomic E-state index is -0.815. The Bertz CT molecular complexity index is 402. The number of carbonyl (C=O) groups excluding carboxylic acids is 4. The lowest BCUT2D eigenvalue weighted by Crippen LogP contribution is -2.20. The Labute approximate surface area is 90.5 Å². The van der Waals surface area contributed by atoms with Crippen LogP contribution in [0.2, 0.25) is 0 Å². The SMILES string of the molecule is CC(=O)OC1=CC(=O)C=C(OC(C)=O)C1=O. The van der Waals surface area contributed by atoms with Gasteiger partial charge in [0.05, 0.1) is 0 Å². The summed E-state index contributed by atoms with van der Waals surface area (Å²) < 4.78 is 9.01. The van der Waals surface area contributed by atoms with Crippen LogP contribution in [0, 0.1) is 0 Å². The van der Waals surface area contributed by atoms with Crippen LogP contribution in [-0.2, 0) is 28.7 Å². The van der Waals surface area contributed by atoms with Gasteiger partial charge in [-0.05, 0) is 0 Å². The Morgan fingerprint density at radius 1 is 0.938 bits per heavy atom. The Balaban J connectivity index is 2.93. The predicted octanol–water partition coefficient (Wildman–Crippen LogP) is 0.0322. The number of allylic oxidation sites excluding steroid dienone is 2. The van der Waals surface area contributed by atoms with Gasteiger partial charge in [-0.25, -0.2) is 0 Å². The number of carbonyl (C=O) groups is 4. The molecule has 0 fully saturated rings. The van der Waals surface area contributed by atoms with E-state index in [4.69, 9.17) is 0 Å². The van der Waals surface area contributed by atoms with E-state index in [1.807, 2.05) is 0 Å². The molecule has 0 saturated heterocycles. The maximum Gasteiger partial charge on any atom is 0.308 e. The standard InChI is InChI=1S/C10H8O6/c1-5(11)15-8-3-7(13)4-9(10(8)14)16-6(2)12/h3-4H,1-2H3. The molecule has 0 spiro atoms. The van der Waals surface area contributed by atoms with Crippen molar-refractivity contribution in [2.75, 3.05) is 0 Å². The molecule has 0 N–H and O–H groups in total. The number of ether oxygens (including phenoxy) is 2. The Morgan fingerprint density at radius 2 is 1.31 bits per heavy atom. The lowest BCUT2D eigenvalue weighted by Gasteiger charge is -2.11. The van der Waals surface area contributed by atoms with Gasteiger partial charge in [-0.2, -0.15) is 0 Å². The van der Waals surface area contributed by atoms with Crippen LogP contribution in [0.3, 0.4) is 0 Å². The second kappa shape index (κ2) is 4.52.